The van der Waals surface area contributed by atoms with Crippen molar-refractivity contribution in [3.63, 3.8) is 0 Å². The van der Waals surface area contributed by atoms with Crippen LogP contribution >= 0.6 is 27.7 Å². The number of anilines is 1. The van der Waals surface area contributed by atoms with Crippen molar-refractivity contribution in [3.8, 4) is 0 Å². The van der Waals surface area contributed by atoms with Gasteiger partial charge in [-0.25, -0.2) is 4.39 Å². The molecule has 0 N–H and O–H groups in total. The van der Waals surface area contributed by atoms with Crippen LogP contribution < -0.4 is 4.90 Å². The fraction of sp³-hybridized carbons (Fsp3) is 0.133. The standard InChI is InChI=1S/C15H11BrFNOS/c16-10-5-6-12(17)11(9-10)15(19)18-7-8-20-14-4-2-1-3-13(14)18/h1-6,9H,7-8H2. The molecular weight excluding hydrogens is 341 g/mol. The van der Waals surface area contributed by atoms with E-state index < -0.39 is 5.82 Å². The fourth-order valence-electron chi connectivity index (χ4n) is 2.19. The summed E-state index contributed by atoms with van der Waals surface area (Å²) in [5.41, 5.74) is 0.953. The maximum absolute atomic E-state index is 13.9. The lowest BCUT2D eigenvalue weighted by Crippen LogP contribution is -2.35. The van der Waals surface area contributed by atoms with Crippen LogP contribution in [0.25, 0.3) is 0 Å². The molecule has 0 aliphatic carbocycles. The first-order valence-corrected chi connectivity index (χ1v) is 7.93. The summed E-state index contributed by atoms with van der Waals surface area (Å²) >= 11 is 4.99. The molecule has 2 nitrogen and oxygen atoms in total. The number of carbonyl (C=O) groups is 1. The molecule has 1 heterocycles. The quantitative estimate of drug-likeness (QED) is 0.761. The molecule has 20 heavy (non-hydrogen) atoms. The van der Waals surface area contributed by atoms with Gasteiger partial charge in [-0.05, 0) is 30.3 Å². The lowest BCUT2D eigenvalue weighted by atomic mass is 10.1. The van der Waals surface area contributed by atoms with Gasteiger partial charge in [0.05, 0.1) is 11.3 Å². The Bertz CT molecular complexity index is 677. The molecule has 0 fully saturated rings. The lowest BCUT2D eigenvalue weighted by molar-refractivity contribution is 0.0984. The maximum Gasteiger partial charge on any atom is 0.261 e. The Morgan fingerprint density at radius 3 is 2.90 bits per heavy atom. The summed E-state index contributed by atoms with van der Waals surface area (Å²) in [7, 11) is 0. The van der Waals surface area contributed by atoms with Gasteiger partial charge < -0.3 is 4.90 Å². The van der Waals surface area contributed by atoms with Crippen LogP contribution in [-0.2, 0) is 0 Å². The first kappa shape index (κ1) is 13.6. The Morgan fingerprint density at radius 2 is 2.05 bits per heavy atom. The Balaban J connectivity index is 2.02. The highest BCUT2D eigenvalue weighted by molar-refractivity contribution is 9.10. The molecule has 1 aliphatic heterocycles. The molecule has 1 aliphatic rings. The van der Waals surface area contributed by atoms with E-state index in [1.54, 1.807) is 22.7 Å². The smallest absolute Gasteiger partial charge is 0.261 e. The molecule has 0 saturated carbocycles. The number of benzene rings is 2. The molecular formula is C15H11BrFNOS. The van der Waals surface area contributed by atoms with Crippen molar-refractivity contribution >= 4 is 39.3 Å². The normalized spacial score (nSPS) is 14.0. The molecule has 2 aromatic rings. The summed E-state index contributed by atoms with van der Waals surface area (Å²) in [5, 5.41) is 0. The van der Waals surface area contributed by atoms with Gasteiger partial charge in [0.15, 0.2) is 0 Å². The van der Waals surface area contributed by atoms with Crippen molar-refractivity contribution in [2.45, 2.75) is 4.90 Å². The predicted octanol–water partition coefficient (Wildman–Crippen LogP) is 4.34. The highest BCUT2D eigenvalue weighted by Gasteiger charge is 2.25. The van der Waals surface area contributed by atoms with E-state index >= 15 is 0 Å². The van der Waals surface area contributed by atoms with Gasteiger partial charge in [-0.1, -0.05) is 28.1 Å². The third kappa shape index (κ3) is 2.47. The van der Waals surface area contributed by atoms with Crippen molar-refractivity contribution in [2.24, 2.45) is 0 Å². The van der Waals surface area contributed by atoms with Gasteiger partial charge in [0.1, 0.15) is 5.82 Å². The van der Waals surface area contributed by atoms with E-state index in [9.17, 15) is 9.18 Å². The second-order valence-corrected chi connectivity index (χ2v) is 6.45. The Kier molecular flexibility index (Phi) is 3.81. The number of hydrogen-bond donors (Lipinski definition) is 0. The van der Waals surface area contributed by atoms with Crippen LogP contribution in [0.1, 0.15) is 10.4 Å². The monoisotopic (exact) mass is 351 g/mol. The minimum Gasteiger partial charge on any atom is -0.306 e. The van der Waals surface area contributed by atoms with Gasteiger partial charge in [-0.15, -0.1) is 11.8 Å². The Labute approximate surface area is 129 Å². The van der Waals surface area contributed by atoms with Crippen LogP contribution in [-0.4, -0.2) is 18.2 Å². The molecule has 0 aromatic heterocycles. The molecule has 102 valence electrons. The number of amides is 1. The van der Waals surface area contributed by atoms with E-state index in [1.165, 1.54) is 12.1 Å². The molecule has 0 spiro atoms. The number of rotatable bonds is 1. The first-order chi connectivity index (χ1) is 9.66. The largest absolute Gasteiger partial charge is 0.306 e. The summed E-state index contributed by atoms with van der Waals surface area (Å²) in [6, 6.07) is 12.1. The molecule has 1 amide bonds. The second-order valence-electron chi connectivity index (χ2n) is 4.40. The third-order valence-electron chi connectivity index (χ3n) is 3.13. The lowest BCUT2D eigenvalue weighted by Gasteiger charge is -2.29. The average Bonchev–Trinajstić information content (AvgIpc) is 2.48. The maximum atomic E-state index is 13.9. The zero-order valence-electron chi connectivity index (χ0n) is 10.5. The van der Waals surface area contributed by atoms with E-state index in [0.717, 1.165) is 16.3 Å². The summed E-state index contributed by atoms with van der Waals surface area (Å²) in [4.78, 5) is 15.3. The second kappa shape index (κ2) is 5.58. The minimum atomic E-state index is -0.492. The molecule has 5 heteroatoms. The third-order valence-corrected chi connectivity index (χ3v) is 4.67. The SMILES string of the molecule is O=C(c1cc(Br)ccc1F)N1CCSc2ccccc21. The molecule has 0 radical (unpaired) electrons. The van der Waals surface area contributed by atoms with Crippen molar-refractivity contribution in [1.82, 2.24) is 0 Å². The van der Waals surface area contributed by atoms with Crippen LogP contribution in [0.15, 0.2) is 51.8 Å². The highest BCUT2D eigenvalue weighted by atomic mass is 79.9. The topological polar surface area (TPSA) is 20.3 Å². The van der Waals surface area contributed by atoms with E-state index in [4.69, 9.17) is 0 Å². The van der Waals surface area contributed by atoms with Crippen LogP contribution in [0.4, 0.5) is 10.1 Å². The Hall–Kier alpha value is -1.33. The molecule has 2 aromatic carbocycles. The molecule has 0 atom stereocenters. The van der Waals surface area contributed by atoms with Gasteiger partial charge in [-0.3, -0.25) is 4.79 Å². The number of hydrogen-bond acceptors (Lipinski definition) is 2. The van der Waals surface area contributed by atoms with Crippen LogP contribution in [0.5, 0.6) is 0 Å². The number of halogens is 2. The minimum absolute atomic E-state index is 0.0982. The van der Waals surface area contributed by atoms with Crippen LogP contribution in [0.3, 0.4) is 0 Å². The predicted molar refractivity (Wildman–Crippen MR) is 82.9 cm³/mol. The van der Waals surface area contributed by atoms with E-state index in [1.807, 2.05) is 24.3 Å². The average molecular weight is 352 g/mol. The highest BCUT2D eigenvalue weighted by Crippen LogP contribution is 2.35. The van der Waals surface area contributed by atoms with Crippen molar-refractivity contribution in [1.29, 1.82) is 0 Å². The summed E-state index contributed by atoms with van der Waals surface area (Å²) in [5.74, 6) is 0.0312. The number of carbonyl (C=O) groups excluding carboxylic acids is 1. The van der Waals surface area contributed by atoms with Gasteiger partial charge in [0.25, 0.3) is 5.91 Å². The number of para-hydroxylation sites is 1. The van der Waals surface area contributed by atoms with Gasteiger partial charge >= 0.3 is 0 Å². The van der Waals surface area contributed by atoms with Crippen LogP contribution in [0.2, 0.25) is 0 Å². The molecule has 0 bridgehead atoms. The molecule has 0 saturated heterocycles. The molecule has 3 rings (SSSR count). The number of thioether (sulfide) groups is 1. The van der Waals surface area contributed by atoms with Crippen LogP contribution in [0, 0.1) is 5.82 Å². The van der Waals surface area contributed by atoms with E-state index in [0.29, 0.717) is 11.0 Å². The van der Waals surface area contributed by atoms with Crippen molar-refractivity contribution in [2.75, 3.05) is 17.2 Å². The van der Waals surface area contributed by atoms with E-state index in [2.05, 4.69) is 15.9 Å². The summed E-state index contributed by atoms with van der Waals surface area (Å²) < 4.78 is 14.6. The zero-order valence-corrected chi connectivity index (χ0v) is 12.9. The van der Waals surface area contributed by atoms with Crippen molar-refractivity contribution < 1.29 is 9.18 Å². The summed E-state index contributed by atoms with van der Waals surface area (Å²) in [6.07, 6.45) is 0. The Morgan fingerprint density at radius 1 is 1.25 bits per heavy atom. The van der Waals surface area contributed by atoms with Gasteiger partial charge in [-0.2, -0.15) is 0 Å². The van der Waals surface area contributed by atoms with Gasteiger partial charge in [0, 0.05) is 21.7 Å². The number of nitrogens with zero attached hydrogens (tertiary/aromatic N) is 1. The van der Waals surface area contributed by atoms with E-state index in [-0.39, 0.29) is 11.5 Å². The summed E-state index contributed by atoms with van der Waals surface area (Å²) in [6.45, 7) is 0.590. The zero-order chi connectivity index (χ0) is 14.1. The van der Waals surface area contributed by atoms with Gasteiger partial charge in [0.2, 0.25) is 0 Å². The fourth-order valence-corrected chi connectivity index (χ4v) is 3.54. The molecule has 0 unspecified atom stereocenters. The first-order valence-electron chi connectivity index (χ1n) is 6.15. The number of fused-ring (bicyclic) bond motifs is 1. The van der Waals surface area contributed by atoms with Crippen molar-refractivity contribution in [3.05, 3.63) is 58.3 Å².